The molecule has 1 saturated heterocycles. The third-order valence-electron chi connectivity index (χ3n) is 3.67. The van der Waals surface area contributed by atoms with Gasteiger partial charge in [0.05, 0.1) is 0 Å². The molecule has 1 heterocycles. The van der Waals surface area contributed by atoms with E-state index in [2.05, 4.69) is 59.1 Å². The van der Waals surface area contributed by atoms with Gasteiger partial charge in [0.25, 0.3) is 0 Å². The molecule has 2 rings (SSSR count). The fourth-order valence-electron chi connectivity index (χ4n) is 2.66. The van der Waals surface area contributed by atoms with Crippen LogP contribution in [-0.4, -0.2) is 25.8 Å². The topological polar surface area (TPSA) is 21.3 Å². The second-order valence-electron chi connectivity index (χ2n) is 4.94. The van der Waals surface area contributed by atoms with E-state index in [-0.39, 0.29) is 0 Å². The van der Waals surface area contributed by atoms with E-state index in [1.807, 2.05) is 0 Å². The molecule has 0 bridgehead atoms. The molecule has 2 nitrogen and oxygen atoms in total. The Balaban J connectivity index is 1.98. The Morgan fingerprint density at radius 1 is 1.28 bits per heavy atom. The normalized spacial score (nSPS) is 18.8. The second-order valence-corrected chi connectivity index (χ2v) is 6.19. The molecule has 0 radical (unpaired) electrons. The Bertz CT molecular complexity index is 346. The Morgan fingerprint density at radius 3 is 2.56 bits per heavy atom. The van der Waals surface area contributed by atoms with Crippen molar-refractivity contribution in [2.45, 2.75) is 32.2 Å². The fraction of sp³-hybridized carbons (Fsp3) is 0.600. The van der Waals surface area contributed by atoms with Crippen LogP contribution in [0.2, 0.25) is 0 Å². The van der Waals surface area contributed by atoms with Crippen molar-refractivity contribution < 1.29 is 4.74 Å². The number of halogens is 1. The van der Waals surface area contributed by atoms with Crippen molar-refractivity contribution in [3.05, 3.63) is 33.4 Å². The number of ether oxygens (including phenoxy) is 1. The van der Waals surface area contributed by atoms with Crippen molar-refractivity contribution in [3.63, 3.8) is 0 Å². The fourth-order valence-corrected chi connectivity index (χ4v) is 3.02. The lowest BCUT2D eigenvalue weighted by Crippen LogP contribution is -2.40. The van der Waals surface area contributed by atoms with Gasteiger partial charge in [0.2, 0.25) is 0 Å². The van der Waals surface area contributed by atoms with Crippen molar-refractivity contribution in [2.24, 2.45) is 5.92 Å². The molecule has 0 amide bonds. The van der Waals surface area contributed by atoms with Gasteiger partial charge in [-0.05, 0) is 72.0 Å². The molecule has 1 aliphatic heterocycles. The molecule has 1 fully saturated rings. The van der Waals surface area contributed by atoms with Gasteiger partial charge in [0.1, 0.15) is 0 Å². The van der Waals surface area contributed by atoms with E-state index >= 15 is 0 Å². The van der Waals surface area contributed by atoms with Crippen LogP contribution in [0.25, 0.3) is 0 Å². The molecule has 0 aliphatic carbocycles. The number of hydrogen-bond acceptors (Lipinski definition) is 2. The highest BCUT2D eigenvalue weighted by molar-refractivity contribution is 14.1. The number of rotatable bonds is 5. The predicted octanol–water partition coefficient (Wildman–Crippen LogP) is 3.24. The maximum atomic E-state index is 5.47. The van der Waals surface area contributed by atoms with Gasteiger partial charge in [0, 0.05) is 22.8 Å². The summed E-state index contributed by atoms with van der Waals surface area (Å²) in [6, 6.07) is 9.50. The van der Waals surface area contributed by atoms with Gasteiger partial charge in [-0.25, -0.2) is 0 Å². The van der Waals surface area contributed by atoms with Gasteiger partial charge in [-0.1, -0.05) is 19.1 Å². The third-order valence-corrected chi connectivity index (χ3v) is 4.39. The van der Waals surface area contributed by atoms with Crippen molar-refractivity contribution >= 4 is 22.6 Å². The van der Waals surface area contributed by atoms with E-state index in [0.717, 1.165) is 32.1 Å². The summed E-state index contributed by atoms with van der Waals surface area (Å²) < 4.78 is 6.77. The third kappa shape index (κ3) is 4.21. The summed E-state index contributed by atoms with van der Waals surface area (Å²) >= 11 is 2.36. The molecule has 3 heteroatoms. The van der Waals surface area contributed by atoms with E-state index in [1.165, 1.54) is 22.0 Å². The molecule has 0 spiro atoms. The summed E-state index contributed by atoms with van der Waals surface area (Å²) in [4.78, 5) is 0. The number of nitrogens with one attached hydrogen (secondary N) is 1. The van der Waals surface area contributed by atoms with E-state index in [1.54, 1.807) is 0 Å². The average Bonchev–Trinajstić information content (AvgIpc) is 2.42. The van der Waals surface area contributed by atoms with E-state index in [0.29, 0.717) is 6.04 Å². The minimum absolute atomic E-state index is 0.596. The van der Waals surface area contributed by atoms with E-state index < -0.39 is 0 Å². The quantitative estimate of drug-likeness (QED) is 0.815. The standard InChI is InChI=1S/C15H22INO/c1-2-17-15(13-7-9-18-10-8-13)11-12-3-5-14(16)6-4-12/h3-6,13,15,17H,2,7-11H2,1H3. The average molecular weight is 359 g/mol. The zero-order chi connectivity index (χ0) is 12.8. The van der Waals surface area contributed by atoms with Crippen LogP contribution in [0.15, 0.2) is 24.3 Å². The maximum Gasteiger partial charge on any atom is 0.0469 e. The zero-order valence-electron chi connectivity index (χ0n) is 11.0. The predicted molar refractivity (Wildman–Crippen MR) is 83.9 cm³/mol. The van der Waals surface area contributed by atoms with Crippen molar-refractivity contribution in [3.8, 4) is 0 Å². The summed E-state index contributed by atoms with van der Waals surface area (Å²) in [5.74, 6) is 0.762. The first-order valence-corrected chi connectivity index (χ1v) is 7.93. The van der Waals surface area contributed by atoms with Gasteiger partial charge >= 0.3 is 0 Å². The summed E-state index contributed by atoms with van der Waals surface area (Å²) in [5, 5.41) is 3.66. The number of hydrogen-bond donors (Lipinski definition) is 1. The minimum Gasteiger partial charge on any atom is -0.381 e. The molecule has 1 N–H and O–H groups in total. The van der Waals surface area contributed by atoms with Crippen molar-refractivity contribution in [2.75, 3.05) is 19.8 Å². The minimum atomic E-state index is 0.596. The van der Waals surface area contributed by atoms with Crippen LogP contribution >= 0.6 is 22.6 Å². The van der Waals surface area contributed by atoms with Gasteiger partial charge in [0.15, 0.2) is 0 Å². The molecule has 1 unspecified atom stereocenters. The molecular formula is C15H22INO. The molecule has 100 valence electrons. The van der Waals surface area contributed by atoms with Gasteiger partial charge < -0.3 is 10.1 Å². The molecule has 1 aromatic rings. The summed E-state index contributed by atoms with van der Waals surface area (Å²) in [7, 11) is 0. The second kappa shape index (κ2) is 7.46. The van der Waals surface area contributed by atoms with Crippen LogP contribution in [0.3, 0.4) is 0 Å². The van der Waals surface area contributed by atoms with Gasteiger partial charge in [-0.3, -0.25) is 0 Å². The Morgan fingerprint density at radius 2 is 1.94 bits per heavy atom. The Hall–Kier alpha value is -0.130. The first kappa shape index (κ1) is 14.3. The highest BCUT2D eigenvalue weighted by Gasteiger charge is 2.23. The molecule has 0 saturated carbocycles. The number of likely N-dealkylation sites (N-methyl/N-ethyl adjacent to an activating group) is 1. The largest absolute Gasteiger partial charge is 0.381 e. The summed E-state index contributed by atoms with van der Waals surface area (Å²) in [6.45, 7) is 5.10. The first-order valence-electron chi connectivity index (χ1n) is 6.85. The zero-order valence-corrected chi connectivity index (χ0v) is 13.2. The molecule has 1 atom stereocenters. The van der Waals surface area contributed by atoms with E-state index in [4.69, 9.17) is 4.74 Å². The van der Waals surface area contributed by atoms with Gasteiger partial charge in [-0.15, -0.1) is 0 Å². The lowest BCUT2D eigenvalue weighted by atomic mass is 9.87. The monoisotopic (exact) mass is 359 g/mol. The highest BCUT2D eigenvalue weighted by Crippen LogP contribution is 2.22. The van der Waals surface area contributed by atoms with E-state index in [9.17, 15) is 0 Å². The van der Waals surface area contributed by atoms with Crippen molar-refractivity contribution in [1.29, 1.82) is 0 Å². The molecule has 1 aromatic carbocycles. The molecule has 1 aliphatic rings. The molecular weight excluding hydrogens is 337 g/mol. The number of benzene rings is 1. The van der Waals surface area contributed by atoms with Crippen LogP contribution in [0.1, 0.15) is 25.3 Å². The van der Waals surface area contributed by atoms with Crippen molar-refractivity contribution in [1.82, 2.24) is 5.32 Å². The Kier molecular flexibility index (Phi) is 5.92. The summed E-state index contributed by atoms with van der Waals surface area (Å²) in [5.41, 5.74) is 1.44. The first-order chi connectivity index (χ1) is 8.79. The SMILES string of the molecule is CCNC(Cc1ccc(I)cc1)C1CCOCC1. The van der Waals surface area contributed by atoms with Crippen LogP contribution < -0.4 is 5.32 Å². The van der Waals surface area contributed by atoms with Crippen LogP contribution in [0.4, 0.5) is 0 Å². The smallest absolute Gasteiger partial charge is 0.0469 e. The van der Waals surface area contributed by atoms with Gasteiger partial charge in [-0.2, -0.15) is 0 Å². The molecule has 18 heavy (non-hydrogen) atoms. The highest BCUT2D eigenvalue weighted by atomic mass is 127. The summed E-state index contributed by atoms with van der Waals surface area (Å²) in [6.07, 6.45) is 3.53. The Labute approximate surface area is 124 Å². The van der Waals surface area contributed by atoms with Crippen LogP contribution in [-0.2, 0) is 11.2 Å². The molecule has 0 aromatic heterocycles. The lowest BCUT2D eigenvalue weighted by molar-refractivity contribution is 0.0540. The lowest BCUT2D eigenvalue weighted by Gasteiger charge is -2.31. The van der Waals surface area contributed by atoms with Crippen LogP contribution in [0.5, 0.6) is 0 Å². The maximum absolute atomic E-state index is 5.47. The van der Waals surface area contributed by atoms with Crippen LogP contribution in [0, 0.1) is 9.49 Å².